The first-order chi connectivity index (χ1) is 6.72. The van der Waals surface area contributed by atoms with Crippen molar-refractivity contribution in [3.63, 3.8) is 0 Å². The first-order valence-corrected chi connectivity index (χ1v) is 4.89. The molecule has 0 saturated carbocycles. The van der Waals surface area contributed by atoms with Gasteiger partial charge in [-0.1, -0.05) is 6.07 Å². The van der Waals surface area contributed by atoms with Gasteiger partial charge in [-0.2, -0.15) is 0 Å². The average molecular weight is 192 g/mol. The van der Waals surface area contributed by atoms with Gasteiger partial charge in [0.15, 0.2) is 0 Å². The van der Waals surface area contributed by atoms with Crippen molar-refractivity contribution in [2.75, 3.05) is 19.0 Å². The Hall–Kier alpha value is -1.22. The first-order valence-electron chi connectivity index (χ1n) is 4.89. The summed E-state index contributed by atoms with van der Waals surface area (Å²) in [7, 11) is 1.68. The minimum absolute atomic E-state index is 0.192. The van der Waals surface area contributed by atoms with Gasteiger partial charge in [-0.3, -0.25) is 0 Å². The monoisotopic (exact) mass is 192 g/mol. The zero-order chi connectivity index (χ0) is 10.1. The minimum atomic E-state index is 0.192. The van der Waals surface area contributed by atoms with Crippen LogP contribution in [0.4, 0.5) is 5.69 Å². The number of anilines is 1. The summed E-state index contributed by atoms with van der Waals surface area (Å²) in [6, 6.07) is 6.30. The molecular weight excluding hydrogens is 176 g/mol. The van der Waals surface area contributed by atoms with Crippen LogP contribution in [0.25, 0.3) is 0 Å². The summed E-state index contributed by atoms with van der Waals surface area (Å²) in [5.74, 6) is 1.32. The van der Waals surface area contributed by atoms with Crippen LogP contribution in [0, 0.1) is 0 Å². The highest BCUT2D eigenvalue weighted by Gasteiger charge is 2.25. The Kier molecular flexibility index (Phi) is 2.33. The normalized spacial score (nSPS) is 21.2. The Morgan fingerprint density at radius 1 is 1.57 bits per heavy atom. The fourth-order valence-electron chi connectivity index (χ4n) is 1.94. The second-order valence-electron chi connectivity index (χ2n) is 3.80. The molecule has 0 spiro atoms. The summed E-state index contributed by atoms with van der Waals surface area (Å²) in [5, 5.41) is 3.35. The van der Waals surface area contributed by atoms with Crippen molar-refractivity contribution in [1.82, 2.24) is 0 Å². The lowest BCUT2D eigenvalue weighted by atomic mass is 9.95. The van der Waals surface area contributed by atoms with Crippen LogP contribution in [0.1, 0.15) is 18.4 Å². The summed E-state index contributed by atoms with van der Waals surface area (Å²) < 4.78 is 5.16. The van der Waals surface area contributed by atoms with E-state index in [0.29, 0.717) is 5.92 Å². The Labute approximate surface area is 84.3 Å². The highest BCUT2D eigenvalue weighted by atomic mass is 16.5. The van der Waals surface area contributed by atoms with Crippen molar-refractivity contribution in [3.05, 3.63) is 23.8 Å². The van der Waals surface area contributed by atoms with E-state index in [1.165, 1.54) is 5.56 Å². The third-order valence-electron chi connectivity index (χ3n) is 2.81. The van der Waals surface area contributed by atoms with Crippen molar-refractivity contribution in [2.24, 2.45) is 5.73 Å². The highest BCUT2D eigenvalue weighted by Crippen LogP contribution is 2.35. The van der Waals surface area contributed by atoms with Crippen molar-refractivity contribution < 1.29 is 4.74 Å². The number of benzene rings is 1. The van der Waals surface area contributed by atoms with Gasteiger partial charge < -0.3 is 15.8 Å². The minimum Gasteiger partial charge on any atom is -0.497 e. The van der Waals surface area contributed by atoms with Gasteiger partial charge in [-0.05, 0) is 18.6 Å². The molecule has 3 N–H and O–H groups in total. The van der Waals surface area contributed by atoms with Gasteiger partial charge in [-0.15, -0.1) is 0 Å². The van der Waals surface area contributed by atoms with Crippen LogP contribution >= 0.6 is 0 Å². The Bertz CT molecular complexity index is 336. The molecule has 2 atom stereocenters. The SMILES string of the molecule is COc1ccc2c(c1)NCC2C(C)N. The van der Waals surface area contributed by atoms with Gasteiger partial charge in [-0.25, -0.2) is 0 Å². The van der Waals surface area contributed by atoms with E-state index in [-0.39, 0.29) is 6.04 Å². The molecule has 0 radical (unpaired) electrons. The van der Waals surface area contributed by atoms with Gasteiger partial charge >= 0.3 is 0 Å². The van der Waals surface area contributed by atoms with E-state index in [1.54, 1.807) is 7.11 Å². The molecule has 0 saturated heterocycles. The molecule has 1 aromatic rings. The molecule has 3 heteroatoms. The number of nitrogens with one attached hydrogen (secondary N) is 1. The Morgan fingerprint density at radius 2 is 2.36 bits per heavy atom. The molecule has 0 fully saturated rings. The predicted molar refractivity (Wildman–Crippen MR) is 57.9 cm³/mol. The molecule has 0 aromatic heterocycles. The number of methoxy groups -OCH3 is 1. The fraction of sp³-hybridized carbons (Fsp3) is 0.455. The molecule has 3 nitrogen and oxygen atoms in total. The first kappa shape index (κ1) is 9.34. The van der Waals surface area contributed by atoms with Crippen LogP contribution in [0.15, 0.2) is 18.2 Å². The second-order valence-corrected chi connectivity index (χ2v) is 3.80. The van der Waals surface area contributed by atoms with E-state index >= 15 is 0 Å². The lowest BCUT2D eigenvalue weighted by molar-refractivity contribution is 0.415. The number of ether oxygens (including phenoxy) is 1. The number of rotatable bonds is 2. The number of nitrogens with two attached hydrogens (primary N) is 1. The quantitative estimate of drug-likeness (QED) is 0.747. The van der Waals surface area contributed by atoms with Crippen LogP contribution in [0.5, 0.6) is 5.75 Å². The zero-order valence-corrected chi connectivity index (χ0v) is 8.58. The molecule has 76 valence electrons. The third-order valence-corrected chi connectivity index (χ3v) is 2.81. The fourth-order valence-corrected chi connectivity index (χ4v) is 1.94. The molecular formula is C11H16N2O. The lowest BCUT2D eigenvalue weighted by Gasteiger charge is -2.14. The van der Waals surface area contributed by atoms with Gasteiger partial charge in [0, 0.05) is 30.3 Å². The molecule has 0 aliphatic carbocycles. The van der Waals surface area contributed by atoms with Crippen LogP contribution in [-0.4, -0.2) is 19.7 Å². The van der Waals surface area contributed by atoms with Crippen LogP contribution in [-0.2, 0) is 0 Å². The van der Waals surface area contributed by atoms with Crippen molar-refractivity contribution in [2.45, 2.75) is 18.9 Å². The second kappa shape index (κ2) is 3.50. The number of fused-ring (bicyclic) bond motifs is 1. The lowest BCUT2D eigenvalue weighted by Crippen LogP contribution is -2.25. The molecule has 2 rings (SSSR count). The summed E-state index contributed by atoms with van der Waals surface area (Å²) >= 11 is 0. The van der Waals surface area contributed by atoms with Gasteiger partial charge in [0.2, 0.25) is 0 Å². The van der Waals surface area contributed by atoms with Gasteiger partial charge in [0.25, 0.3) is 0 Å². The van der Waals surface area contributed by atoms with Crippen LogP contribution in [0.2, 0.25) is 0 Å². The Balaban J connectivity index is 2.33. The van der Waals surface area contributed by atoms with Crippen LogP contribution in [0.3, 0.4) is 0 Å². The zero-order valence-electron chi connectivity index (χ0n) is 8.58. The summed E-state index contributed by atoms with van der Waals surface area (Å²) in [6.45, 7) is 2.98. The maximum Gasteiger partial charge on any atom is 0.120 e. The van der Waals surface area contributed by atoms with Crippen molar-refractivity contribution >= 4 is 5.69 Å². The van der Waals surface area contributed by atoms with E-state index in [9.17, 15) is 0 Å². The standard InChI is InChI=1S/C11H16N2O/c1-7(12)10-6-13-11-5-8(14-2)3-4-9(10)11/h3-5,7,10,13H,6,12H2,1-2H3. The maximum absolute atomic E-state index is 5.91. The predicted octanol–water partition coefficient (Wildman–Crippen LogP) is 1.55. The molecule has 1 aromatic carbocycles. The number of hydrogen-bond donors (Lipinski definition) is 2. The smallest absolute Gasteiger partial charge is 0.120 e. The van der Waals surface area contributed by atoms with E-state index in [4.69, 9.17) is 10.5 Å². The van der Waals surface area contributed by atoms with E-state index in [2.05, 4.69) is 11.4 Å². The van der Waals surface area contributed by atoms with E-state index in [1.807, 2.05) is 19.1 Å². The van der Waals surface area contributed by atoms with E-state index < -0.39 is 0 Å². The highest BCUT2D eigenvalue weighted by molar-refractivity contribution is 5.61. The summed E-state index contributed by atoms with van der Waals surface area (Å²) in [5.41, 5.74) is 8.38. The average Bonchev–Trinajstić information content (AvgIpc) is 2.59. The largest absolute Gasteiger partial charge is 0.497 e. The molecule has 14 heavy (non-hydrogen) atoms. The molecule has 0 bridgehead atoms. The molecule has 1 heterocycles. The van der Waals surface area contributed by atoms with Crippen LogP contribution < -0.4 is 15.8 Å². The molecule has 2 unspecified atom stereocenters. The summed E-state index contributed by atoms with van der Waals surface area (Å²) in [6.07, 6.45) is 0. The molecule has 1 aliphatic heterocycles. The van der Waals surface area contributed by atoms with E-state index in [0.717, 1.165) is 18.0 Å². The number of hydrogen-bond acceptors (Lipinski definition) is 3. The third kappa shape index (κ3) is 1.44. The van der Waals surface area contributed by atoms with Crippen molar-refractivity contribution in [1.29, 1.82) is 0 Å². The Morgan fingerprint density at radius 3 is 3.00 bits per heavy atom. The van der Waals surface area contributed by atoms with Crippen molar-refractivity contribution in [3.8, 4) is 5.75 Å². The maximum atomic E-state index is 5.91. The topological polar surface area (TPSA) is 47.3 Å². The van der Waals surface area contributed by atoms with Gasteiger partial charge in [0.1, 0.15) is 5.75 Å². The van der Waals surface area contributed by atoms with Gasteiger partial charge in [0.05, 0.1) is 7.11 Å². The molecule has 1 aliphatic rings. The summed E-state index contributed by atoms with van der Waals surface area (Å²) in [4.78, 5) is 0. The molecule has 0 amide bonds.